The number of halogens is 3. The number of H-pyrrole nitrogens is 1. The Morgan fingerprint density at radius 1 is 0.971 bits per heavy atom. The molecule has 3 aromatic carbocycles. The first-order valence-electron chi connectivity index (χ1n) is 9.65. The van der Waals surface area contributed by atoms with Crippen molar-refractivity contribution in [3.63, 3.8) is 0 Å². The largest absolute Gasteiger partial charge is 0.490 e. The third kappa shape index (κ3) is 6.35. The molecular formula is C22H17F3N4O5S. The number of fused-ring (bicyclic) bond motifs is 1. The Morgan fingerprint density at radius 3 is 2.11 bits per heavy atom. The number of primary amides is 1. The third-order valence-electron chi connectivity index (χ3n) is 4.47. The Balaban J connectivity index is 0.000000429. The van der Waals surface area contributed by atoms with E-state index in [1.54, 1.807) is 54.6 Å². The highest BCUT2D eigenvalue weighted by Crippen LogP contribution is 2.24. The van der Waals surface area contributed by atoms with Gasteiger partial charge in [0.25, 0.3) is 10.0 Å². The van der Waals surface area contributed by atoms with Crippen LogP contribution in [0.4, 0.5) is 18.9 Å². The van der Waals surface area contributed by atoms with Crippen LogP contribution in [0.5, 0.6) is 0 Å². The number of nitrogens with two attached hydrogens (primary N) is 1. The van der Waals surface area contributed by atoms with Crippen molar-refractivity contribution in [1.29, 1.82) is 0 Å². The molecule has 0 spiro atoms. The van der Waals surface area contributed by atoms with Crippen molar-refractivity contribution in [2.24, 2.45) is 5.73 Å². The fourth-order valence-electron chi connectivity index (χ4n) is 2.81. The number of carboxylic acid groups (broad SMARTS) is 1. The lowest BCUT2D eigenvalue weighted by molar-refractivity contribution is -0.192. The maximum Gasteiger partial charge on any atom is 0.490 e. The average Bonchev–Trinajstić information content (AvgIpc) is 3.23. The number of amides is 1. The van der Waals surface area contributed by atoms with E-state index in [0.29, 0.717) is 28.1 Å². The van der Waals surface area contributed by atoms with Gasteiger partial charge in [-0.05, 0) is 54.6 Å². The van der Waals surface area contributed by atoms with Crippen LogP contribution in [0, 0.1) is 0 Å². The van der Waals surface area contributed by atoms with E-state index in [2.05, 4.69) is 14.7 Å². The van der Waals surface area contributed by atoms with E-state index < -0.39 is 28.1 Å². The Morgan fingerprint density at radius 2 is 1.57 bits per heavy atom. The molecule has 0 saturated heterocycles. The predicted octanol–water partition coefficient (Wildman–Crippen LogP) is 3.76. The SMILES string of the molecule is NC(=O)c1ccc2nc(-c3ccc(S(=O)(=O)Nc4ccccc4)cc3)[nH]c2c1.O=C(O)C(F)(F)F. The lowest BCUT2D eigenvalue weighted by atomic mass is 10.2. The van der Waals surface area contributed by atoms with Crippen LogP contribution in [0.3, 0.4) is 0 Å². The third-order valence-corrected chi connectivity index (χ3v) is 5.87. The molecule has 4 aromatic rings. The molecule has 4 rings (SSSR count). The minimum absolute atomic E-state index is 0.146. The van der Waals surface area contributed by atoms with Crippen molar-refractivity contribution in [3.05, 3.63) is 78.4 Å². The van der Waals surface area contributed by atoms with Gasteiger partial charge in [0.2, 0.25) is 5.91 Å². The summed E-state index contributed by atoms with van der Waals surface area (Å²) in [7, 11) is -3.68. The van der Waals surface area contributed by atoms with E-state index in [9.17, 15) is 26.4 Å². The first-order valence-corrected chi connectivity index (χ1v) is 11.1. The molecule has 0 aliphatic rings. The summed E-state index contributed by atoms with van der Waals surface area (Å²) >= 11 is 0. The summed E-state index contributed by atoms with van der Waals surface area (Å²) in [6.45, 7) is 0. The fraction of sp³-hybridized carbons (Fsp3) is 0.0455. The second kappa shape index (κ2) is 9.85. The van der Waals surface area contributed by atoms with Gasteiger partial charge in [-0.15, -0.1) is 0 Å². The zero-order valence-corrected chi connectivity index (χ0v) is 18.4. The van der Waals surface area contributed by atoms with Gasteiger partial charge in [-0.25, -0.2) is 18.2 Å². The monoisotopic (exact) mass is 506 g/mol. The number of carboxylic acids is 1. The van der Waals surface area contributed by atoms with Gasteiger partial charge >= 0.3 is 12.1 Å². The molecule has 0 radical (unpaired) electrons. The van der Waals surface area contributed by atoms with E-state index in [4.69, 9.17) is 15.6 Å². The number of para-hydroxylation sites is 1. The molecule has 35 heavy (non-hydrogen) atoms. The van der Waals surface area contributed by atoms with Gasteiger partial charge in [-0.1, -0.05) is 18.2 Å². The molecule has 1 aromatic heterocycles. The second-order valence-corrected chi connectivity index (χ2v) is 8.66. The molecule has 0 aliphatic carbocycles. The van der Waals surface area contributed by atoms with Gasteiger partial charge in [0, 0.05) is 16.8 Å². The molecule has 9 nitrogen and oxygen atoms in total. The number of imidazole rings is 1. The van der Waals surface area contributed by atoms with Crippen LogP contribution >= 0.6 is 0 Å². The molecule has 0 unspecified atom stereocenters. The summed E-state index contributed by atoms with van der Waals surface area (Å²) < 4.78 is 59.3. The number of nitrogens with one attached hydrogen (secondary N) is 2. The van der Waals surface area contributed by atoms with E-state index >= 15 is 0 Å². The zero-order chi connectivity index (χ0) is 25.8. The highest BCUT2D eigenvalue weighted by molar-refractivity contribution is 7.92. The lowest BCUT2D eigenvalue weighted by Gasteiger charge is -2.08. The van der Waals surface area contributed by atoms with E-state index in [1.807, 2.05) is 6.07 Å². The highest BCUT2D eigenvalue weighted by atomic mass is 32.2. The van der Waals surface area contributed by atoms with Crippen molar-refractivity contribution in [2.45, 2.75) is 11.1 Å². The molecule has 0 fully saturated rings. The lowest BCUT2D eigenvalue weighted by Crippen LogP contribution is -2.21. The molecule has 1 heterocycles. The molecule has 0 saturated carbocycles. The van der Waals surface area contributed by atoms with Crippen molar-refractivity contribution < 1.29 is 36.3 Å². The summed E-state index contributed by atoms with van der Waals surface area (Å²) in [6.07, 6.45) is -5.08. The number of rotatable bonds is 5. The van der Waals surface area contributed by atoms with Crippen LogP contribution in [-0.2, 0) is 14.8 Å². The number of carbonyl (C=O) groups is 2. The highest BCUT2D eigenvalue weighted by Gasteiger charge is 2.38. The zero-order valence-electron chi connectivity index (χ0n) is 17.6. The number of benzene rings is 3. The molecule has 1 amide bonds. The number of aromatic nitrogens is 2. The van der Waals surface area contributed by atoms with Gasteiger partial charge < -0.3 is 15.8 Å². The number of aliphatic carboxylic acids is 1. The number of nitrogens with zero attached hydrogens (tertiary/aromatic N) is 1. The quantitative estimate of drug-likeness (QED) is 0.323. The number of anilines is 1. The minimum Gasteiger partial charge on any atom is -0.475 e. The van der Waals surface area contributed by atoms with Crippen LogP contribution in [0.15, 0.2) is 77.7 Å². The molecular weight excluding hydrogens is 489 g/mol. The summed E-state index contributed by atoms with van der Waals surface area (Å²) in [6, 6.07) is 20.0. The fourth-order valence-corrected chi connectivity index (χ4v) is 3.87. The normalized spacial score (nSPS) is 11.4. The molecule has 0 atom stereocenters. The minimum atomic E-state index is -5.08. The van der Waals surface area contributed by atoms with Gasteiger partial charge in [0.05, 0.1) is 15.9 Å². The predicted molar refractivity (Wildman–Crippen MR) is 121 cm³/mol. The van der Waals surface area contributed by atoms with Crippen molar-refractivity contribution in [2.75, 3.05) is 4.72 Å². The number of carbonyl (C=O) groups excluding carboxylic acids is 1. The Bertz CT molecular complexity index is 1470. The second-order valence-electron chi connectivity index (χ2n) is 6.98. The van der Waals surface area contributed by atoms with Crippen molar-refractivity contribution in [1.82, 2.24) is 9.97 Å². The summed E-state index contributed by atoms with van der Waals surface area (Å²) in [5.41, 5.74) is 8.25. The topological polar surface area (TPSA) is 155 Å². The molecule has 13 heteroatoms. The van der Waals surface area contributed by atoms with Gasteiger partial charge in [-0.2, -0.15) is 13.2 Å². The summed E-state index contributed by atoms with van der Waals surface area (Å²) in [5, 5.41) is 7.12. The molecule has 0 bridgehead atoms. The van der Waals surface area contributed by atoms with Gasteiger partial charge in [-0.3, -0.25) is 9.52 Å². The number of sulfonamides is 1. The maximum absolute atomic E-state index is 12.5. The van der Waals surface area contributed by atoms with Crippen LogP contribution in [0.2, 0.25) is 0 Å². The standard InChI is InChI=1S/C20H16N4O3S.C2HF3O2/c21-19(25)14-8-11-17-18(12-14)23-20(22-17)13-6-9-16(10-7-13)28(26,27)24-15-4-2-1-3-5-15;3-2(4,5)1(6)7/h1-12,24H,(H2,21,25)(H,22,23);(H,6,7). The number of alkyl halides is 3. The summed E-state index contributed by atoms with van der Waals surface area (Å²) in [4.78, 5) is 27.9. The van der Waals surface area contributed by atoms with Crippen LogP contribution < -0.4 is 10.5 Å². The Hall–Kier alpha value is -4.39. The van der Waals surface area contributed by atoms with Crippen molar-refractivity contribution >= 4 is 38.6 Å². The first kappa shape index (κ1) is 25.2. The molecule has 5 N–H and O–H groups in total. The maximum atomic E-state index is 12.5. The van der Waals surface area contributed by atoms with E-state index in [-0.39, 0.29) is 4.90 Å². The average molecular weight is 506 g/mol. The molecule has 0 aliphatic heterocycles. The van der Waals surface area contributed by atoms with Crippen LogP contribution in [0.1, 0.15) is 10.4 Å². The van der Waals surface area contributed by atoms with Gasteiger partial charge in [0.15, 0.2) is 0 Å². The van der Waals surface area contributed by atoms with Crippen LogP contribution in [-0.4, -0.2) is 41.5 Å². The summed E-state index contributed by atoms with van der Waals surface area (Å²) in [5.74, 6) is -2.71. The number of hydrogen-bond acceptors (Lipinski definition) is 5. The van der Waals surface area contributed by atoms with Crippen molar-refractivity contribution in [3.8, 4) is 11.4 Å². The number of aromatic amines is 1. The Kier molecular flexibility index (Phi) is 7.10. The first-order chi connectivity index (χ1) is 16.4. The number of hydrogen-bond donors (Lipinski definition) is 4. The van der Waals surface area contributed by atoms with E-state index in [1.165, 1.54) is 12.1 Å². The smallest absolute Gasteiger partial charge is 0.475 e. The van der Waals surface area contributed by atoms with Crippen LogP contribution in [0.25, 0.3) is 22.4 Å². The van der Waals surface area contributed by atoms with Gasteiger partial charge in [0.1, 0.15) is 5.82 Å². The van der Waals surface area contributed by atoms with E-state index in [0.717, 1.165) is 5.56 Å². The molecule has 182 valence electrons. The Labute approximate surface area is 196 Å².